The number of amides is 2. The number of aliphatic hydroxyl groups excluding tert-OH is 1. The van der Waals surface area contributed by atoms with E-state index in [2.05, 4.69) is 19.9 Å². The number of nitrogens with zero attached hydrogens (tertiary/aromatic N) is 4. The number of imidazole rings is 1. The zero-order valence-electron chi connectivity index (χ0n) is 27.3. The normalized spacial score (nSPS) is 17.2. The number of aryl methyl sites for hydroxylation is 1. The second kappa shape index (κ2) is 14.5. The number of hydrogen-bond donors (Lipinski definition) is 4. The number of sulfonamides is 1. The number of ether oxygens (including phenoxy) is 1. The van der Waals surface area contributed by atoms with E-state index in [1.807, 2.05) is 26.1 Å². The van der Waals surface area contributed by atoms with Crippen LogP contribution in [0.3, 0.4) is 0 Å². The van der Waals surface area contributed by atoms with Crippen molar-refractivity contribution in [3.8, 4) is 5.75 Å². The molecular weight excluding hydrogens is 634 g/mol. The summed E-state index contributed by atoms with van der Waals surface area (Å²) in [6.07, 6.45) is 2.41. The number of rotatable bonds is 11. The second-order valence-electron chi connectivity index (χ2n) is 12.3. The minimum Gasteiger partial charge on any atom is -0.488 e. The van der Waals surface area contributed by atoms with Gasteiger partial charge in [-0.3, -0.25) is 19.2 Å². The van der Waals surface area contributed by atoms with E-state index in [4.69, 9.17) is 10.5 Å². The molecule has 0 unspecified atom stereocenters. The smallest absolute Gasteiger partial charge is 0.280 e. The van der Waals surface area contributed by atoms with E-state index in [1.54, 1.807) is 67.4 Å². The summed E-state index contributed by atoms with van der Waals surface area (Å²) < 4.78 is 36.4. The number of nitrogens with two attached hydrogens (primary N) is 1. The zero-order chi connectivity index (χ0) is 34.6. The molecule has 1 aliphatic rings. The first-order valence-electron chi connectivity index (χ1n) is 15.5. The van der Waals surface area contributed by atoms with Gasteiger partial charge in [-0.15, -0.1) is 0 Å². The second-order valence-corrected chi connectivity index (χ2v) is 13.9. The number of nitrogen functional groups attached to an aromatic ring is 1. The van der Waals surface area contributed by atoms with Gasteiger partial charge in [0, 0.05) is 50.0 Å². The Bertz CT molecular complexity index is 1880. The molecule has 0 aliphatic carbocycles. The predicted octanol–water partition coefficient (Wildman–Crippen LogP) is 3.41. The van der Waals surface area contributed by atoms with Gasteiger partial charge in [0.15, 0.2) is 5.03 Å². The van der Waals surface area contributed by atoms with Crippen molar-refractivity contribution in [2.45, 2.75) is 37.6 Å². The topological polar surface area (TPSA) is 172 Å². The van der Waals surface area contributed by atoms with Gasteiger partial charge in [-0.25, -0.2) is 4.98 Å². The lowest BCUT2D eigenvalue weighted by Crippen LogP contribution is -2.49. The lowest BCUT2D eigenvalue weighted by Gasteiger charge is -2.38. The summed E-state index contributed by atoms with van der Waals surface area (Å²) in [5.74, 6) is -0.428. The molecule has 254 valence electrons. The summed E-state index contributed by atoms with van der Waals surface area (Å²) in [6.45, 7) is 4.91. The average Bonchev–Trinajstić information content (AvgIpc) is 3.51. The number of carbonyl (C=O) groups excluding carboxylic acids is 2. The highest BCUT2D eigenvalue weighted by atomic mass is 32.2. The molecule has 0 fully saturated rings. The predicted molar refractivity (Wildman–Crippen MR) is 183 cm³/mol. The first-order valence-corrected chi connectivity index (χ1v) is 17.0. The first-order chi connectivity index (χ1) is 22.8. The number of aromatic nitrogens is 2. The minimum atomic E-state index is -4.00. The number of nitrogens with one attached hydrogen (secondary N) is 2. The summed E-state index contributed by atoms with van der Waals surface area (Å²) in [5.41, 5.74) is 8.85. The molecular formula is C34H41N7O6S. The van der Waals surface area contributed by atoms with Crippen molar-refractivity contribution in [3.63, 3.8) is 0 Å². The number of likely N-dealkylation sites (N-methyl/N-ethyl adjacent to an activating group) is 1. The van der Waals surface area contributed by atoms with Gasteiger partial charge in [0.2, 0.25) is 0 Å². The lowest BCUT2D eigenvalue weighted by molar-refractivity contribution is 0.0341. The van der Waals surface area contributed by atoms with E-state index in [1.165, 1.54) is 23.2 Å². The molecule has 0 bridgehead atoms. The maximum atomic E-state index is 13.8. The number of fused-ring (bicyclic) bond motifs is 1. The number of anilines is 3. The molecule has 13 nitrogen and oxygen atoms in total. The van der Waals surface area contributed by atoms with Crippen molar-refractivity contribution in [2.24, 2.45) is 13.0 Å². The monoisotopic (exact) mass is 675 g/mol. The molecule has 1 aliphatic heterocycles. The molecule has 5 rings (SSSR count). The molecule has 4 aromatic rings. The molecule has 0 radical (unpaired) electrons. The molecule has 3 atom stereocenters. The van der Waals surface area contributed by atoms with E-state index >= 15 is 0 Å². The van der Waals surface area contributed by atoms with Gasteiger partial charge < -0.3 is 30.4 Å². The van der Waals surface area contributed by atoms with Crippen LogP contribution in [-0.2, 0) is 23.6 Å². The fraction of sp³-hybridized carbons (Fsp3) is 0.324. The number of benzene rings is 3. The maximum Gasteiger partial charge on any atom is 0.280 e. The van der Waals surface area contributed by atoms with Crippen molar-refractivity contribution in [1.29, 1.82) is 0 Å². The number of carbonyl (C=O) groups is 2. The highest BCUT2D eigenvalue weighted by molar-refractivity contribution is 7.92. The highest BCUT2D eigenvalue weighted by Gasteiger charge is 2.34. The van der Waals surface area contributed by atoms with E-state index in [9.17, 15) is 23.1 Å². The van der Waals surface area contributed by atoms with Crippen LogP contribution in [0.4, 0.5) is 17.1 Å². The first kappa shape index (κ1) is 34.4. The summed E-state index contributed by atoms with van der Waals surface area (Å²) in [4.78, 5) is 34.2. The molecule has 48 heavy (non-hydrogen) atoms. The van der Waals surface area contributed by atoms with E-state index in [-0.39, 0.29) is 46.7 Å². The van der Waals surface area contributed by atoms with Gasteiger partial charge in [-0.05, 0) is 62.0 Å². The maximum absolute atomic E-state index is 13.8. The number of aliphatic hydroxyl groups is 1. The largest absolute Gasteiger partial charge is 0.488 e. The van der Waals surface area contributed by atoms with Crippen molar-refractivity contribution < 1.29 is 27.9 Å². The molecule has 0 saturated heterocycles. The zero-order valence-corrected chi connectivity index (χ0v) is 28.1. The van der Waals surface area contributed by atoms with Crippen LogP contribution in [0.5, 0.6) is 5.75 Å². The SMILES string of the molecule is C[C@H]1CN([C@@H](C)CO)C(=O)c2cc(NS(=O)(=O)c3cn(C)cn3)ccc2O[C@H]1CN(C)Cc1ccc(C(=O)Nc2ccccc2N)cc1. The fourth-order valence-corrected chi connectivity index (χ4v) is 6.52. The van der Waals surface area contributed by atoms with Crippen LogP contribution in [-0.4, -0.2) is 83.6 Å². The third-order valence-corrected chi connectivity index (χ3v) is 9.51. The van der Waals surface area contributed by atoms with Crippen molar-refractivity contribution in [2.75, 3.05) is 42.5 Å². The fourth-order valence-electron chi connectivity index (χ4n) is 5.49. The summed E-state index contributed by atoms with van der Waals surface area (Å²) in [7, 11) is -0.370. The third-order valence-electron chi connectivity index (χ3n) is 8.24. The Balaban J connectivity index is 1.31. The average molecular weight is 676 g/mol. The molecule has 3 aromatic carbocycles. The number of para-hydroxylation sites is 2. The van der Waals surface area contributed by atoms with Crippen molar-refractivity contribution >= 4 is 38.9 Å². The Morgan fingerprint density at radius 1 is 1.17 bits per heavy atom. The van der Waals surface area contributed by atoms with E-state index in [0.29, 0.717) is 42.3 Å². The highest BCUT2D eigenvalue weighted by Crippen LogP contribution is 2.31. The molecule has 0 saturated carbocycles. The lowest BCUT2D eigenvalue weighted by atomic mass is 9.99. The van der Waals surface area contributed by atoms with Crippen molar-refractivity contribution in [1.82, 2.24) is 19.4 Å². The molecule has 5 N–H and O–H groups in total. The number of hydrogen-bond acceptors (Lipinski definition) is 9. The Labute approximate surface area is 280 Å². The Morgan fingerprint density at radius 2 is 1.90 bits per heavy atom. The van der Waals surface area contributed by atoms with Crippen LogP contribution in [0, 0.1) is 5.92 Å². The van der Waals surface area contributed by atoms with Gasteiger partial charge >= 0.3 is 0 Å². The Kier molecular flexibility index (Phi) is 10.4. The van der Waals surface area contributed by atoms with Crippen LogP contribution in [0.1, 0.15) is 40.1 Å². The third kappa shape index (κ3) is 7.95. The van der Waals surface area contributed by atoms with Crippen LogP contribution in [0.2, 0.25) is 0 Å². The molecule has 0 spiro atoms. The van der Waals surface area contributed by atoms with Gasteiger partial charge in [0.1, 0.15) is 11.9 Å². The molecule has 2 heterocycles. The van der Waals surface area contributed by atoms with Gasteiger partial charge in [0.25, 0.3) is 21.8 Å². The summed E-state index contributed by atoms with van der Waals surface area (Å²) in [5, 5.41) is 12.7. The van der Waals surface area contributed by atoms with Crippen LogP contribution >= 0.6 is 0 Å². The molecule has 1 aromatic heterocycles. The quantitative estimate of drug-likeness (QED) is 0.174. The molecule has 14 heteroatoms. The Hall–Kier alpha value is -4.92. The van der Waals surface area contributed by atoms with Crippen LogP contribution in [0.25, 0.3) is 0 Å². The van der Waals surface area contributed by atoms with Crippen molar-refractivity contribution in [3.05, 3.63) is 95.9 Å². The van der Waals surface area contributed by atoms with Crippen LogP contribution in [0.15, 0.2) is 84.3 Å². The molecule has 2 amide bonds. The van der Waals surface area contributed by atoms with Gasteiger partial charge in [-0.2, -0.15) is 8.42 Å². The van der Waals surface area contributed by atoms with Gasteiger partial charge in [0.05, 0.1) is 35.9 Å². The minimum absolute atomic E-state index is 0.114. The summed E-state index contributed by atoms with van der Waals surface area (Å²) >= 11 is 0. The Morgan fingerprint density at radius 3 is 2.56 bits per heavy atom. The van der Waals surface area contributed by atoms with E-state index in [0.717, 1.165) is 5.56 Å². The van der Waals surface area contributed by atoms with E-state index < -0.39 is 16.1 Å². The van der Waals surface area contributed by atoms with Crippen LogP contribution < -0.4 is 20.5 Å². The standard InChI is InChI=1S/C34H41N7O6S/c1-22-16-41(23(2)20-42)34(44)27-15-26(38-48(45,46)32-19-40(4)21-36-32)13-14-30(27)47-31(22)18-39(3)17-24-9-11-25(12-10-24)33(43)37-29-8-6-5-7-28(29)35/h5-15,19,21-23,31,38,42H,16-18,20,35H2,1-4H3,(H,37,43)/t22-,23-,31-/m0/s1. The summed E-state index contributed by atoms with van der Waals surface area (Å²) in [6, 6.07) is 18.5. The van der Waals surface area contributed by atoms with Gasteiger partial charge in [-0.1, -0.05) is 31.2 Å².